The molecule has 1 atom stereocenters. The molecule has 1 aromatic rings. The third-order valence-corrected chi connectivity index (χ3v) is 3.89. The van der Waals surface area contributed by atoms with Gasteiger partial charge in [-0.25, -0.2) is 0 Å². The van der Waals surface area contributed by atoms with Crippen molar-refractivity contribution in [2.24, 2.45) is 5.92 Å². The van der Waals surface area contributed by atoms with Gasteiger partial charge in [0.25, 0.3) is 0 Å². The van der Waals surface area contributed by atoms with Crippen LogP contribution in [0.15, 0.2) is 18.3 Å². The molecule has 0 aliphatic heterocycles. The van der Waals surface area contributed by atoms with Crippen LogP contribution < -0.4 is 5.32 Å². The maximum absolute atomic E-state index is 6.27. The van der Waals surface area contributed by atoms with E-state index < -0.39 is 0 Å². The second-order valence-corrected chi connectivity index (χ2v) is 5.25. The van der Waals surface area contributed by atoms with E-state index in [4.69, 9.17) is 11.6 Å². The lowest BCUT2D eigenvalue weighted by Crippen LogP contribution is -2.28. The smallest absolute Gasteiger partial charge is 0.0761 e. The first-order chi connectivity index (χ1) is 8.33. The average molecular weight is 253 g/mol. The van der Waals surface area contributed by atoms with E-state index in [-0.39, 0.29) is 0 Å². The van der Waals surface area contributed by atoms with Crippen LogP contribution in [-0.2, 0) is 0 Å². The summed E-state index contributed by atoms with van der Waals surface area (Å²) in [6.07, 6.45) is 8.28. The molecule has 1 heterocycles. The number of nitrogens with one attached hydrogen (secondary N) is 1. The zero-order valence-electron chi connectivity index (χ0n) is 10.5. The summed E-state index contributed by atoms with van der Waals surface area (Å²) in [7, 11) is 0. The molecule has 17 heavy (non-hydrogen) atoms. The fraction of sp³-hybridized carbons (Fsp3) is 0.643. The molecule has 1 aliphatic carbocycles. The van der Waals surface area contributed by atoms with Gasteiger partial charge in [0.05, 0.1) is 16.8 Å². The Labute approximate surface area is 109 Å². The summed E-state index contributed by atoms with van der Waals surface area (Å²) in [4.78, 5) is 4.48. The van der Waals surface area contributed by atoms with Crippen molar-refractivity contribution in [1.29, 1.82) is 0 Å². The highest BCUT2D eigenvalue weighted by molar-refractivity contribution is 6.31. The van der Waals surface area contributed by atoms with E-state index in [2.05, 4.69) is 17.2 Å². The van der Waals surface area contributed by atoms with Crippen molar-refractivity contribution >= 4 is 11.6 Å². The van der Waals surface area contributed by atoms with Gasteiger partial charge in [-0.05, 0) is 43.9 Å². The van der Waals surface area contributed by atoms with Gasteiger partial charge in [-0.1, -0.05) is 31.4 Å². The minimum atomic E-state index is 0.339. The Hall–Kier alpha value is -0.600. The highest BCUT2D eigenvalue weighted by Crippen LogP contribution is 2.37. The molecule has 0 aromatic carbocycles. The van der Waals surface area contributed by atoms with Gasteiger partial charge in [-0.3, -0.25) is 4.98 Å². The summed E-state index contributed by atoms with van der Waals surface area (Å²) in [6.45, 7) is 3.23. The molecular formula is C14H21ClN2. The summed E-state index contributed by atoms with van der Waals surface area (Å²) in [5.74, 6) is 0.703. The lowest BCUT2D eigenvalue weighted by Gasteiger charge is -2.25. The molecule has 1 unspecified atom stereocenters. The fourth-order valence-electron chi connectivity index (χ4n) is 2.70. The third-order valence-electron chi connectivity index (χ3n) is 3.57. The van der Waals surface area contributed by atoms with Crippen molar-refractivity contribution in [3.05, 3.63) is 29.0 Å². The molecule has 0 amide bonds. The molecule has 0 saturated heterocycles. The van der Waals surface area contributed by atoms with Crippen LogP contribution in [0.3, 0.4) is 0 Å². The molecule has 3 heteroatoms. The quantitative estimate of drug-likeness (QED) is 0.858. The van der Waals surface area contributed by atoms with Gasteiger partial charge in [0, 0.05) is 6.20 Å². The van der Waals surface area contributed by atoms with Gasteiger partial charge in [0.1, 0.15) is 0 Å². The van der Waals surface area contributed by atoms with Crippen molar-refractivity contribution in [3.63, 3.8) is 0 Å². The Balaban J connectivity index is 2.16. The first-order valence-electron chi connectivity index (χ1n) is 6.66. The van der Waals surface area contributed by atoms with Gasteiger partial charge in [-0.2, -0.15) is 0 Å². The minimum absolute atomic E-state index is 0.339. The SMILES string of the molecule is CCCNC(c1ncccc1Cl)C1CCCC1. The van der Waals surface area contributed by atoms with Crippen LogP contribution in [0, 0.1) is 5.92 Å². The van der Waals surface area contributed by atoms with Gasteiger partial charge >= 0.3 is 0 Å². The molecule has 2 nitrogen and oxygen atoms in total. The van der Waals surface area contributed by atoms with Crippen molar-refractivity contribution in [2.75, 3.05) is 6.54 Å². The fourth-order valence-corrected chi connectivity index (χ4v) is 2.94. The van der Waals surface area contributed by atoms with Crippen LogP contribution in [0.25, 0.3) is 0 Å². The molecule has 1 aromatic heterocycles. The van der Waals surface area contributed by atoms with Crippen molar-refractivity contribution in [1.82, 2.24) is 10.3 Å². The molecule has 2 rings (SSSR count). The zero-order valence-corrected chi connectivity index (χ0v) is 11.2. The number of rotatable bonds is 5. The van der Waals surface area contributed by atoms with Crippen LogP contribution in [0.1, 0.15) is 50.8 Å². The van der Waals surface area contributed by atoms with Gasteiger partial charge in [0.15, 0.2) is 0 Å². The second kappa shape index (κ2) is 6.36. The Morgan fingerprint density at radius 2 is 2.24 bits per heavy atom. The molecule has 94 valence electrons. The molecule has 1 N–H and O–H groups in total. The monoisotopic (exact) mass is 252 g/mol. The summed E-state index contributed by atoms with van der Waals surface area (Å²) in [5, 5.41) is 4.42. The van der Waals surface area contributed by atoms with Gasteiger partial charge in [-0.15, -0.1) is 0 Å². The minimum Gasteiger partial charge on any atom is -0.308 e. The number of hydrogen-bond donors (Lipinski definition) is 1. The topological polar surface area (TPSA) is 24.9 Å². The van der Waals surface area contributed by atoms with Crippen molar-refractivity contribution in [3.8, 4) is 0 Å². The van der Waals surface area contributed by atoms with Crippen molar-refractivity contribution in [2.45, 2.75) is 45.1 Å². The maximum Gasteiger partial charge on any atom is 0.0761 e. The standard InChI is InChI=1S/C14H21ClN2/c1-2-9-16-13(11-6-3-4-7-11)14-12(15)8-5-10-17-14/h5,8,10-11,13,16H,2-4,6-7,9H2,1H3. The highest BCUT2D eigenvalue weighted by atomic mass is 35.5. The highest BCUT2D eigenvalue weighted by Gasteiger charge is 2.28. The van der Waals surface area contributed by atoms with Crippen LogP contribution in [0.4, 0.5) is 0 Å². The summed E-state index contributed by atoms with van der Waals surface area (Å²) < 4.78 is 0. The number of nitrogens with zero attached hydrogens (tertiary/aromatic N) is 1. The first kappa shape index (κ1) is 12.8. The molecule has 1 fully saturated rings. The normalized spacial score (nSPS) is 18.5. The second-order valence-electron chi connectivity index (χ2n) is 4.85. The molecular weight excluding hydrogens is 232 g/mol. The van der Waals surface area contributed by atoms with E-state index in [0.29, 0.717) is 12.0 Å². The van der Waals surface area contributed by atoms with E-state index in [1.807, 2.05) is 18.3 Å². The lowest BCUT2D eigenvalue weighted by atomic mass is 9.94. The predicted molar refractivity (Wildman–Crippen MR) is 72.2 cm³/mol. The Morgan fingerprint density at radius 3 is 2.88 bits per heavy atom. The van der Waals surface area contributed by atoms with Crippen LogP contribution >= 0.6 is 11.6 Å². The van der Waals surface area contributed by atoms with Crippen LogP contribution in [-0.4, -0.2) is 11.5 Å². The van der Waals surface area contributed by atoms with E-state index >= 15 is 0 Å². The molecule has 1 aliphatic rings. The van der Waals surface area contributed by atoms with E-state index in [9.17, 15) is 0 Å². The maximum atomic E-state index is 6.27. The third kappa shape index (κ3) is 3.20. The number of pyridine rings is 1. The first-order valence-corrected chi connectivity index (χ1v) is 7.04. The molecule has 0 radical (unpaired) electrons. The van der Waals surface area contributed by atoms with E-state index in [1.165, 1.54) is 25.7 Å². The van der Waals surface area contributed by atoms with Crippen LogP contribution in [0.2, 0.25) is 5.02 Å². The van der Waals surface area contributed by atoms with E-state index in [0.717, 1.165) is 23.7 Å². The van der Waals surface area contributed by atoms with Crippen LogP contribution in [0.5, 0.6) is 0 Å². The Bertz CT molecular complexity index is 348. The molecule has 0 spiro atoms. The summed E-state index contributed by atoms with van der Waals surface area (Å²) in [5.41, 5.74) is 1.04. The average Bonchev–Trinajstić information content (AvgIpc) is 2.85. The number of halogens is 1. The molecule has 0 bridgehead atoms. The largest absolute Gasteiger partial charge is 0.308 e. The Kier molecular flexibility index (Phi) is 4.81. The summed E-state index contributed by atoms with van der Waals surface area (Å²) >= 11 is 6.27. The van der Waals surface area contributed by atoms with Gasteiger partial charge < -0.3 is 5.32 Å². The number of hydrogen-bond acceptors (Lipinski definition) is 2. The predicted octanol–water partition coefficient (Wildman–Crippen LogP) is 3.97. The summed E-state index contributed by atoms with van der Waals surface area (Å²) in [6, 6.07) is 4.18. The van der Waals surface area contributed by atoms with Gasteiger partial charge in [0.2, 0.25) is 0 Å². The van der Waals surface area contributed by atoms with Crippen molar-refractivity contribution < 1.29 is 0 Å². The Morgan fingerprint density at radius 1 is 1.47 bits per heavy atom. The number of aromatic nitrogens is 1. The zero-order chi connectivity index (χ0) is 12.1. The lowest BCUT2D eigenvalue weighted by molar-refractivity contribution is 0.361. The van der Waals surface area contributed by atoms with E-state index in [1.54, 1.807) is 0 Å². The molecule has 1 saturated carbocycles.